The Morgan fingerprint density at radius 3 is 2.43 bits per heavy atom. The van der Waals surface area contributed by atoms with E-state index in [4.69, 9.17) is 9.97 Å². The molecule has 7 rings (SSSR count). The maximum absolute atomic E-state index is 13.0. The maximum Gasteiger partial charge on any atom is 0.331 e. The molecule has 1 aromatic carbocycles. The molecule has 4 aromatic rings. The van der Waals surface area contributed by atoms with Crippen LogP contribution in [0.4, 0.5) is 16.6 Å². The van der Waals surface area contributed by atoms with Gasteiger partial charge in [-0.3, -0.25) is 9.13 Å². The number of nitrogens with zero attached hydrogens (tertiary/aromatic N) is 8. The van der Waals surface area contributed by atoms with Gasteiger partial charge in [-0.25, -0.2) is 14.6 Å². The molecular weight excluding hydrogens is 658 g/mol. The van der Waals surface area contributed by atoms with Crippen LogP contribution in [0.2, 0.25) is 0 Å². The van der Waals surface area contributed by atoms with Crippen molar-refractivity contribution < 1.29 is 25.2 Å². The summed E-state index contributed by atoms with van der Waals surface area (Å²) in [5, 5.41) is 53.0. The molecule has 0 radical (unpaired) electrons. The molecule has 1 aliphatic carbocycles. The average molecular weight is 706 g/mol. The zero-order valence-corrected chi connectivity index (χ0v) is 28.8. The second kappa shape index (κ2) is 14.5. The molecule has 0 spiro atoms. The predicted octanol–water partition coefficient (Wildman–Crippen LogP) is 0.0204. The van der Waals surface area contributed by atoms with Gasteiger partial charge in [0.25, 0.3) is 0 Å². The number of likely N-dealkylation sites (N-methyl/N-ethyl adjacent to an activating group) is 1. The predicted molar refractivity (Wildman–Crippen MR) is 189 cm³/mol. The summed E-state index contributed by atoms with van der Waals surface area (Å²) in [6, 6.07) is 7.51. The number of likely N-dealkylation sites (tertiary alicyclic amines) is 1. The van der Waals surface area contributed by atoms with Crippen molar-refractivity contribution in [1.82, 2.24) is 44.2 Å². The number of carbonyl (C=O) groups is 1. The normalized spacial score (nSPS) is 25.9. The fraction of sp³-hybridized carbons (Fsp3) is 0.559. The molecule has 2 saturated heterocycles. The minimum Gasteiger partial charge on any atom is -0.493 e. The first-order valence-corrected chi connectivity index (χ1v) is 17.7. The number of carbonyl (C=O) groups excluding carboxylic acids is 1. The number of fused-ring (bicyclic) bond motifs is 1. The van der Waals surface area contributed by atoms with Crippen molar-refractivity contribution in [3.63, 3.8) is 0 Å². The molecule has 3 aliphatic rings. The number of hydrogen-bond donors (Lipinski definition) is 7. The summed E-state index contributed by atoms with van der Waals surface area (Å²) in [4.78, 5) is 44.4. The summed E-state index contributed by atoms with van der Waals surface area (Å²) < 4.78 is 4.15. The lowest BCUT2D eigenvalue weighted by atomic mass is 10.1. The van der Waals surface area contributed by atoms with E-state index in [2.05, 4.69) is 25.8 Å². The highest BCUT2D eigenvalue weighted by Gasteiger charge is 2.46. The van der Waals surface area contributed by atoms with Crippen molar-refractivity contribution in [1.29, 1.82) is 0 Å². The number of nitrogens with one attached hydrogen (secondary N) is 3. The number of benzene rings is 1. The summed E-state index contributed by atoms with van der Waals surface area (Å²) in [6.07, 6.45) is 2.42. The van der Waals surface area contributed by atoms with Gasteiger partial charge in [0.1, 0.15) is 12.2 Å². The molecule has 2 amide bonds. The number of aromatic hydroxyl groups is 1. The van der Waals surface area contributed by atoms with E-state index in [0.29, 0.717) is 55.4 Å². The Labute approximate surface area is 294 Å². The van der Waals surface area contributed by atoms with Crippen LogP contribution in [0.1, 0.15) is 43.8 Å². The number of imidazole rings is 2. The number of amides is 2. The summed E-state index contributed by atoms with van der Waals surface area (Å²) in [7, 11) is 2.04. The summed E-state index contributed by atoms with van der Waals surface area (Å²) in [5.41, 5.74) is 1.34. The number of aliphatic hydroxyl groups excluding tert-OH is 3. The molecule has 17 heteroatoms. The first-order chi connectivity index (χ1) is 24.6. The van der Waals surface area contributed by atoms with Gasteiger partial charge in [-0.15, -0.1) is 0 Å². The van der Waals surface area contributed by atoms with Crippen LogP contribution in [-0.4, -0.2) is 130 Å². The van der Waals surface area contributed by atoms with Gasteiger partial charge in [0.2, 0.25) is 11.8 Å². The van der Waals surface area contributed by atoms with Gasteiger partial charge < -0.3 is 50.7 Å². The van der Waals surface area contributed by atoms with E-state index in [9.17, 15) is 30.0 Å². The molecule has 1 saturated carbocycles. The largest absolute Gasteiger partial charge is 0.493 e. The van der Waals surface area contributed by atoms with Crippen molar-refractivity contribution in [2.45, 2.75) is 81.6 Å². The van der Waals surface area contributed by atoms with Gasteiger partial charge in [-0.1, -0.05) is 30.3 Å². The molecule has 51 heavy (non-hydrogen) atoms. The monoisotopic (exact) mass is 705 g/mol. The van der Waals surface area contributed by atoms with Crippen LogP contribution in [-0.2, 0) is 13.0 Å². The molecule has 17 nitrogen and oxygen atoms in total. The number of aryl methyl sites for hydroxylation is 1. The fourth-order valence-corrected chi connectivity index (χ4v) is 7.72. The van der Waals surface area contributed by atoms with Gasteiger partial charge in [0, 0.05) is 38.3 Å². The minimum absolute atomic E-state index is 0.112. The maximum atomic E-state index is 13.0. The molecule has 3 aromatic heterocycles. The zero-order chi connectivity index (χ0) is 35.8. The zero-order valence-electron chi connectivity index (χ0n) is 28.8. The Bertz CT molecular complexity index is 1900. The molecule has 2 aliphatic heterocycles. The fourth-order valence-electron chi connectivity index (χ4n) is 7.72. The number of hydrogen-bond acceptors (Lipinski definition) is 12. The lowest BCUT2D eigenvalue weighted by molar-refractivity contribution is 0.00754. The lowest BCUT2D eigenvalue weighted by Crippen LogP contribution is -2.47. The number of rotatable bonds is 11. The van der Waals surface area contributed by atoms with E-state index in [0.717, 1.165) is 29.6 Å². The van der Waals surface area contributed by atoms with E-state index in [1.54, 1.807) is 11.5 Å². The minimum atomic E-state index is -1.35. The third-order valence-electron chi connectivity index (χ3n) is 10.4. The Kier molecular flexibility index (Phi) is 9.87. The highest BCUT2D eigenvalue weighted by Crippen LogP contribution is 2.41. The molecule has 7 atom stereocenters. The third kappa shape index (κ3) is 6.98. The first-order valence-electron chi connectivity index (χ1n) is 17.7. The molecule has 3 fully saturated rings. The topological polar surface area (TPSA) is 211 Å². The van der Waals surface area contributed by atoms with E-state index in [-0.39, 0.29) is 37.0 Å². The van der Waals surface area contributed by atoms with Gasteiger partial charge in [0.15, 0.2) is 17.0 Å². The van der Waals surface area contributed by atoms with Crippen molar-refractivity contribution >= 4 is 29.0 Å². The van der Waals surface area contributed by atoms with Gasteiger partial charge >= 0.3 is 11.7 Å². The van der Waals surface area contributed by atoms with Crippen LogP contribution in [0.5, 0.6) is 5.88 Å². The highest BCUT2D eigenvalue weighted by atomic mass is 16.3. The van der Waals surface area contributed by atoms with Crippen LogP contribution < -0.4 is 26.5 Å². The standard InChI is InChI=1S/C34H47N11O6/c1-3-42-17-26(47)45(34(42)51)25-14-24(28(48)29(25)49)44-19-35-27-30(36-23(18-46)13-20-7-5-4-6-8-20)39-32(40-31(27)44)43-12-10-22(16-43)38-33(50)37-21-9-11-41(2)15-21/h4-8,17,19,21-25,28-29,46-49H,3,9-16,18H2,1-2H3,(H,36,39,40)(H2,37,38,50)/t21-,22-,23+,24-,25+,28+,29-/m1/s1. The van der Waals surface area contributed by atoms with Crippen LogP contribution in [0.3, 0.4) is 0 Å². The van der Waals surface area contributed by atoms with Gasteiger partial charge in [-0.2, -0.15) is 9.97 Å². The highest BCUT2D eigenvalue weighted by molar-refractivity contribution is 5.85. The summed E-state index contributed by atoms with van der Waals surface area (Å²) >= 11 is 0. The summed E-state index contributed by atoms with van der Waals surface area (Å²) in [5.74, 6) is 0.478. The van der Waals surface area contributed by atoms with E-state index in [1.807, 2.05) is 42.3 Å². The second-order valence-corrected chi connectivity index (χ2v) is 14.0. The molecule has 0 unspecified atom stereocenters. The second-order valence-electron chi connectivity index (χ2n) is 14.0. The number of anilines is 2. The third-order valence-corrected chi connectivity index (χ3v) is 10.4. The lowest BCUT2D eigenvalue weighted by Gasteiger charge is -2.22. The Hall–Kier alpha value is -4.71. The Morgan fingerprint density at radius 2 is 1.75 bits per heavy atom. The average Bonchev–Trinajstić information content (AvgIpc) is 3.95. The van der Waals surface area contributed by atoms with Crippen LogP contribution in [0, 0.1) is 0 Å². The molecule has 7 N–H and O–H groups in total. The van der Waals surface area contributed by atoms with Crippen molar-refractivity contribution in [2.24, 2.45) is 0 Å². The summed E-state index contributed by atoms with van der Waals surface area (Å²) in [6.45, 7) is 4.74. The molecular formula is C34H47N11O6. The van der Waals surface area contributed by atoms with Crippen LogP contribution in [0.15, 0.2) is 47.7 Å². The molecule has 274 valence electrons. The van der Waals surface area contributed by atoms with Gasteiger partial charge in [0.05, 0.1) is 37.3 Å². The SMILES string of the molecule is CCn1cc(O)n([C@H]2C[C@@H](n3cnc4c(N[C@H](CO)Cc5ccccc5)nc(N5CC[C@@H](NC(=O)N[C@@H]6CCN(C)C6)C5)nc43)[C@H](O)[C@@H]2O)c1=O. The van der Waals surface area contributed by atoms with Crippen molar-refractivity contribution in [3.05, 3.63) is 58.9 Å². The molecule has 5 heterocycles. The van der Waals surface area contributed by atoms with E-state index >= 15 is 0 Å². The smallest absolute Gasteiger partial charge is 0.331 e. The number of aliphatic hydroxyl groups is 3. The Morgan fingerprint density at radius 1 is 1.02 bits per heavy atom. The Balaban J connectivity index is 1.18. The molecule has 0 bridgehead atoms. The van der Waals surface area contributed by atoms with Crippen LogP contribution >= 0.6 is 0 Å². The quantitative estimate of drug-likeness (QED) is 0.110. The van der Waals surface area contributed by atoms with E-state index in [1.165, 1.54) is 17.1 Å². The van der Waals surface area contributed by atoms with Crippen LogP contribution in [0.25, 0.3) is 11.2 Å². The number of urea groups is 1. The number of aromatic nitrogens is 6. The van der Waals surface area contributed by atoms with Gasteiger partial charge in [-0.05, 0) is 51.8 Å². The van der Waals surface area contributed by atoms with Crippen molar-refractivity contribution in [2.75, 3.05) is 50.1 Å². The van der Waals surface area contributed by atoms with E-state index < -0.39 is 36.0 Å². The first kappa shape index (κ1) is 34.7. The van der Waals surface area contributed by atoms with Crippen molar-refractivity contribution in [3.8, 4) is 5.88 Å².